The van der Waals surface area contributed by atoms with Crippen LogP contribution in [-0.4, -0.2) is 45.7 Å². The molecule has 4 rings (SSSR count). The molecule has 7 nitrogen and oxygen atoms in total. The topological polar surface area (TPSA) is 76.5 Å². The van der Waals surface area contributed by atoms with Crippen molar-refractivity contribution in [1.82, 2.24) is 20.0 Å². The summed E-state index contributed by atoms with van der Waals surface area (Å²) in [4.78, 5) is 26.6. The number of hydrogen-bond donors (Lipinski definition) is 1. The fraction of sp³-hybridized carbons (Fsp3) is 0.476. The van der Waals surface area contributed by atoms with E-state index in [2.05, 4.69) is 16.5 Å². The van der Waals surface area contributed by atoms with E-state index in [1.165, 1.54) is 0 Å². The fourth-order valence-corrected chi connectivity index (χ4v) is 3.39. The maximum atomic E-state index is 12.9. The summed E-state index contributed by atoms with van der Waals surface area (Å²) in [6.45, 7) is 4.21. The van der Waals surface area contributed by atoms with Crippen molar-refractivity contribution in [3.8, 4) is 5.75 Å². The molecule has 2 amide bonds. The lowest BCUT2D eigenvalue weighted by Crippen LogP contribution is -2.32. The van der Waals surface area contributed by atoms with Crippen LogP contribution in [0.3, 0.4) is 0 Å². The molecule has 1 N–H and O–H groups in total. The summed E-state index contributed by atoms with van der Waals surface area (Å²) < 4.78 is 7.59. The highest BCUT2D eigenvalue weighted by molar-refractivity contribution is 5.93. The zero-order valence-electron chi connectivity index (χ0n) is 16.2. The van der Waals surface area contributed by atoms with E-state index in [9.17, 15) is 9.59 Å². The predicted molar refractivity (Wildman–Crippen MR) is 104 cm³/mol. The third kappa shape index (κ3) is 4.35. The van der Waals surface area contributed by atoms with E-state index in [0.29, 0.717) is 44.1 Å². The zero-order chi connectivity index (χ0) is 19.5. The van der Waals surface area contributed by atoms with Gasteiger partial charge < -0.3 is 15.0 Å². The summed E-state index contributed by atoms with van der Waals surface area (Å²) in [5.74, 6) is 0.884. The Labute approximate surface area is 164 Å². The van der Waals surface area contributed by atoms with E-state index in [1.54, 1.807) is 22.0 Å². The normalized spacial score (nSPS) is 16.1. The quantitative estimate of drug-likeness (QED) is 0.831. The van der Waals surface area contributed by atoms with Gasteiger partial charge >= 0.3 is 0 Å². The molecule has 148 valence electrons. The average molecular weight is 382 g/mol. The van der Waals surface area contributed by atoms with Crippen LogP contribution in [0, 0.1) is 0 Å². The largest absolute Gasteiger partial charge is 0.491 e. The van der Waals surface area contributed by atoms with Crippen LogP contribution in [-0.2, 0) is 24.3 Å². The first-order valence-electron chi connectivity index (χ1n) is 9.98. The van der Waals surface area contributed by atoms with Crippen molar-refractivity contribution in [2.45, 2.75) is 51.7 Å². The Morgan fingerprint density at radius 1 is 1.32 bits per heavy atom. The number of nitrogens with one attached hydrogen (secondary N) is 1. The Hall–Kier alpha value is -2.83. The molecule has 1 aliphatic heterocycles. The second-order valence-corrected chi connectivity index (χ2v) is 7.44. The van der Waals surface area contributed by atoms with Gasteiger partial charge in [-0.15, -0.1) is 0 Å². The lowest BCUT2D eigenvalue weighted by Gasteiger charge is -2.19. The molecule has 0 bridgehead atoms. The molecule has 1 aromatic heterocycles. The van der Waals surface area contributed by atoms with Crippen molar-refractivity contribution in [2.75, 3.05) is 13.2 Å². The number of rotatable bonds is 6. The van der Waals surface area contributed by atoms with Crippen molar-refractivity contribution >= 4 is 11.8 Å². The standard InChI is InChI=1S/C21H26N4O3/c1-2-25-14-17(12-22-25)21(27)24-9-10-28-19-7-3-15(11-16(19)13-24)4-8-20(26)23-18-5-6-18/h3,7,11-12,14,18H,2,4-6,8-10,13H2,1H3,(H,23,26). The number of carbonyl (C=O) groups excluding carboxylic acids is 2. The van der Waals surface area contributed by atoms with Crippen LogP contribution in [0.15, 0.2) is 30.6 Å². The minimum absolute atomic E-state index is 0.0367. The maximum absolute atomic E-state index is 12.9. The van der Waals surface area contributed by atoms with E-state index >= 15 is 0 Å². The van der Waals surface area contributed by atoms with Gasteiger partial charge in [0.15, 0.2) is 0 Å². The number of benzene rings is 1. The van der Waals surface area contributed by atoms with E-state index in [1.807, 2.05) is 19.1 Å². The maximum Gasteiger partial charge on any atom is 0.257 e. The molecular formula is C21H26N4O3. The molecule has 1 saturated carbocycles. The van der Waals surface area contributed by atoms with Crippen LogP contribution >= 0.6 is 0 Å². The molecule has 7 heteroatoms. The fourth-order valence-electron chi connectivity index (χ4n) is 3.39. The summed E-state index contributed by atoms with van der Waals surface area (Å²) >= 11 is 0. The SMILES string of the molecule is CCn1cc(C(=O)N2CCOc3ccc(CCC(=O)NC4CC4)cc3C2)cn1. The van der Waals surface area contributed by atoms with Gasteiger partial charge in [-0.1, -0.05) is 12.1 Å². The number of aromatic nitrogens is 2. The van der Waals surface area contributed by atoms with Crippen LogP contribution < -0.4 is 10.1 Å². The molecule has 1 aliphatic carbocycles. The smallest absolute Gasteiger partial charge is 0.257 e. The van der Waals surface area contributed by atoms with Crippen molar-refractivity contribution in [3.63, 3.8) is 0 Å². The highest BCUT2D eigenvalue weighted by atomic mass is 16.5. The Morgan fingerprint density at radius 2 is 2.18 bits per heavy atom. The van der Waals surface area contributed by atoms with Crippen molar-refractivity contribution in [2.24, 2.45) is 0 Å². The van der Waals surface area contributed by atoms with Gasteiger partial charge in [0.05, 0.1) is 18.3 Å². The van der Waals surface area contributed by atoms with Crippen LogP contribution in [0.1, 0.15) is 47.7 Å². The highest BCUT2D eigenvalue weighted by Crippen LogP contribution is 2.26. The van der Waals surface area contributed by atoms with Crippen LogP contribution in [0.25, 0.3) is 0 Å². The molecule has 2 aromatic rings. The lowest BCUT2D eigenvalue weighted by atomic mass is 10.0. The first kappa shape index (κ1) is 18.5. The van der Waals surface area contributed by atoms with E-state index in [0.717, 1.165) is 36.3 Å². The number of carbonyl (C=O) groups is 2. The highest BCUT2D eigenvalue weighted by Gasteiger charge is 2.24. The molecule has 28 heavy (non-hydrogen) atoms. The summed E-state index contributed by atoms with van der Waals surface area (Å²) in [6.07, 6.45) is 6.77. The Bertz CT molecular complexity index is 872. The number of fused-ring (bicyclic) bond motifs is 1. The zero-order valence-corrected chi connectivity index (χ0v) is 16.2. The van der Waals surface area contributed by atoms with Gasteiger partial charge in [0.2, 0.25) is 5.91 Å². The molecule has 0 unspecified atom stereocenters. The molecule has 0 spiro atoms. The van der Waals surface area contributed by atoms with Crippen LogP contribution in [0.4, 0.5) is 0 Å². The second-order valence-electron chi connectivity index (χ2n) is 7.44. The Balaban J connectivity index is 1.43. The van der Waals surface area contributed by atoms with Crippen LogP contribution in [0.5, 0.6) is 5.75 Å². The predicted octanol–water partition coefficient (Wildman–Crippen LogP) is 2.15. The van der Waals surface area contributed by atoms with Crippen molar-refractivity contribution < 1.29 is 14.3 Å². The number of aryl methyl sites for hydroxylation is 2. The molecule has 0 radical (unpaired) electrons. The summed E-state index contributed by atoms with van der Waals surface area (Å²) in [5, 5.41) is 7.22. The van der Waals surface area contributed by atoms with Gasteiger partial charge in [0.25, 0.3) is 5.91 Å². The number of ether oxygens (including phenoxy) is 1. The molecule has 1 fully saturated rings. The van der Waals surface area contributed by atoms with Gasteiger partial charge in [-0.05, 0) is 37.8 Å². The minimum atomic E-state index is -0.0367. The Kier molecular flexibility index (Phi) is 5.32. The number of hydrogen-bond acceptors (Lipinski definition) is 4. The van der Waals surface area contributed by atoms with Gasteiger partial charge in [-0.3, -0.25) is 14.3 Å². The van der Waals surface area contributed by atoms with E-state index in [4.69, 9.17) is 4.74 Å². The molecule has 1 aromatic carbocycles. The van der Waals surface area contributed by atoms with Crippen molar-refractivity contribution in [1.29, 1.82) is 0 Å². The van der Waals surface area contributed by atoms with Gasteiger partial charge in [-0.2, -0.15) is 5.10 Å². The molecule has 2 heterocycles. The summed E-state index contributed by atoms with van der Waals surface area (Å²) in [7, 11) is 0. The second kappa shape index (κ2) is 8.04. The lowest BCUT2D eigenvalue weighted by molar-refractivity contribution is -0.121. The summed E-state index contributed by atoms with van der Waals surface area (Å²) in [6, 6.07) is 6.41. The monoisotopic (exact) mass is 382 g/mol. The number of nitrogens with zero attached hydrogens (tertiary/aromatic N) is 3. The van der Waals surface area contributed by atoms with E-state index in [-0.39, 0.29) is 11.8 Å². The average Bonchev–Trinajstić information content (AvgIpc) is 3.43. The minimum Gasteiger partial charge on any atom is -0.491 e. The van der Waals surface area contributed by atoms with Crippen LogP contribution in [0.2, 0.25) is 0 Å². The summed E-state index contributed by atoms with van der Waals surface area (Å²) in [5.41, 5.74) is 2.66. The molecule has 0 atom stereocenters. The first-order chi connectivity index (χ1) is 13.6. The molecular weight excluding hydrogens is 356 g/mol. The third-order valence-electron chi connectivity index (χ3n) is 5.18. The van der Waals surface area contributed by atoms with Gasteiger partial charge in [0.1, 0.15) is 12.4 Å². The van der Waals surface area contributed by atoms with Gasteiger partial charge in [0, 0.05) is 37.3 Å². The van der Waals surface area contributed by atoms with E-state index < -0.39 is 0 Å². The molecule has 0 saturated heterocycles. The van der Waals surface area contributed by atoms with Gasteiger partial charge in [-0.25, -0.2) is 0 Å². The van der Waals surface area contributed by atoms with Crippen molar-refractivity contribution in [3.05, 3.63) is 47.3 Å². The number of amides is 2. The third-order valence-corrected chi connectivity index (χ3v) is 5.18. The molecule has 2 aliphatic rings. The Morgan fingerprint density at radius 3 is 2.93 bits per heavy atom. The first-order valence-corrected chi connectivity index (χ1v) is 9.98.